The van der Waals surface area contributed by atoms with E-state index in [0.29, 0.717) is 19.5 Å². The molecule has 2 aromatic carbocycles. The number of nitrogens with one attached hydrogen (secondary N) is 1. The molecule has 29 heavy (non-hydrogen) atoms. The molecule has 0 saturated heterocycles. The first kappa shape index (κ1) is 19.6. The second-order valence-electron chi connectivity index (χ2n) is 6.39. The fourth-order valence-electron chi connectivity index (χ4n) is 2.97. The number of aliphatic imine (C=N–C) groups is 1. The maximum atomic E-state index is 12.2. The molecule has 0 bridgehead atoms. The first-order valence-corrected chi connectivity index (χ1v) is 10.4. The summed E-state index contributed by atoms with van der Waals surface area (Å²) in [5.41, 5.74) is 3.50. The van der Waals surface area contributed by atoms with Crippen LogP contribution in [-0.2, 0) is 11.3 Å². The predicted octanol–water partition coefficient (Wildman–Crippen LogP) is 5.92. The minimum Gasteiger partial charge on any atom is -0.493 e. The van der Waals surface area contributed by atoms with Crippen molar-refractivity contribution in [2.45, 2.75) is 13.0 Å². The molecule has 3 aromatic rings. The topological polar surface area (TPSA) is 66.6 Å². The molecule has 0 aliphatic carbocycles. The van der Waals surface area contributed by atoms with E-state index in [0.717, 1.165) is 16.8 Å². The van der Waals surface area contributed by atoms with Gasteiger partial charge in [-0.1, -0.05) is 29.8 Å². The summed E-state index contributed by atoms with van der Waals surface area (Å²) >= 11 is 12.5. The summed E-state index contributed by atoms with van der Waals surface area (Å²) in [7, 11) is 0. The summed E-state index contributed by atoms with van der Waals surface area (Å²) in [5.74, 6) is -0.110. The highest BCUT2D eigenvalue weighted by molar-refractivity contribution is 7.73. The van der Waals surface area contributed by atoms with Crippen LogP contribution in [0.25, 0.3) is 11.6 Å². The Morgan fingerprint density at radius 2 is 2.00 bits per heavy atom. The molecule has 0 atom stereocenters. The summed E-state index contributed by atoms with van der Waals surface area (Å²) in [6.07, 6.45) is 3.83. The van der Waals surface area contributed by atoms with Crippen molar-refractivity contribution in [1.82, 2.24) is 4.57 Å². The number of aromatic nitrogens is 1. The van der Waals surface area contributed by atoms with Crippen molar-refractivity contribution in [2.75, 3.05) is 5.32 Å². The number of nitrogens with zero attached hydrogens (tertiary/aromatic N) is 2. The van der Waals surface area contributed by atoms with Crippen LogP contribution in [0.2, 0.25) is 5.02 Å². The molecule has 1 aliphatic heterocycles. The van der Waals surface area contributed by atoms with E-state index in [4.69, 9.17) is 23.8 Å². The molecule has 0 spiro atoms. The Morgan fingerprint density at radius 3 is 2.79 bits per heavy atom. The number of fused-ring (bicyclic) bond motifs is 1. The lowest BCUT2D eigenvalue weighted by molar-refractivity contribution is -0.116. The third-order valence-corrected chi connectivity index (χ3v) is 6.07. The van der Waals surface area contributed by atoms with Crippen molar-refractivity contribution < 1.29 is 9.90 Å². The number of carbonyl (C=O) groups is 1. The number of rotatable bonds is 5. The van der Waals surface area contributed by atoms with Crippen molar-refractivity contribution in [3.05, 3.63) is 67.9 Å². The molecule has 2 heterocycles. The monoisotopic (exact) mass is 441 g/mol. The van der Waals surface area contributed by atoms with Gasteiger partial charge >= 0.3 is 0 Å². The van der Waals surface area contributed by atoms with Gasteiger partial charge in [0.1, 0.15) is 0 Å². The Labute approximate surface area is 181 Å². The van der Waals surface area contributed by atoms with Gasteiger partial charge in [-0.2, -0.15) is 0 Å². The minimum atomic E-state index is -0.170. The van der Waals surface area contributed by atoms with E-state index >= 15 is 0 Å². The number of thiazole rings is 1. The number of aromatic hydroxyl groups is 1. The molecule has 4 rings (SSSR count). The molecule has 0 unspecified atom stereocenters. The van der Waals surface area contributed by atoms with Crippen LogP contribution in [0.15, 0.2) is 53.5 Å². The van der Waals surface area contributed by atoms with Crippen molar-refractivity contribution in [3.8, 4) is 5.88 Å². The summed E-state index contributed by atoms with van der Waals surface area (Å²) < 4.78 is 2.09. The smallest absolute Gasteiger partial charge is 0.226 e. The molecule has 146 valence electrons. The van der Waals surface area contributed by atoms with E-state index in [9.17, 15) is 9.90 Å². The zero-order valence-corrected chi connectivity index (χ0v) is 17.5. The molecular weight excluding hydrogens is 426 g/mol. The summed E-state index contributed by atoms with van der Waals surface area (Å²) in [4.78, 5) is 17.2. The molecule has 5 nitrogen and oxygen atoms in total. The molecule has 1 aromatic heterocycles. The van der Waals surface area contributed by atoms with Crippen molar-refractivity contribution in [2.24, 2.45) is 4.99 Å². The Hall–Kier alpha value is -2.74. The number of hydrogen-bond donors (Lipinski definition) is 2. The number of allylic oxidation sites excluding steroid dienone is 1. The third-order valence-electron chi connectivity index (χ3n) is 4.43. The summed E-state index contributed by atoms with van der Waals surface area (Å²) in [5, 5.41) is 14.0. The molecule has 0 fully saturated rings. The van der Waals surface area contributed by atoms with Crippen LogP contribution in [-0.4, -0.2) is 21.8 Å². The Bertz CT molecular complexity index is 1190. The van der Waals surface area contributed by atoms with Crippen LogP contribution in [0.5, 0.6) is 5.88 Å². The van der Waals surface area contributed by atoms with Crippen LogP contribution < -0.4 is 5.32 Å². The largest absolute Gasteiger partial charge is 0.493 e. The zero-order valence-electron chi connectivity index (χ0n) is 15.1. The van der Waals surface area contributed by atoms with E-state index in [1.165, 1.54) is 11.3 Å². The Balaban J connectivity index is 1.47. The van der Waals surface area contributed by atoms with Gasteiger partial charge in [-0.05, 0) is 48.6 Å². The highest BCUT2D eigenvalue weighted by atomic mass is 35.5. The van der Waals surface area contributed by atoms with Crippen LogP contribution in [0.4, 0.5) is 11.4 Å². The molecule has 2 N–H and O–H groups in total. The highest BCUT2D eigenvalue weighted by Crippen LogP contribution is 2.35. The van der Waals surface area contributed by atoms with E-state index in [2.05, 4.69) is 10.3 Å². The SMILES string of the molecule is O=C(CCn1c(O)c(/C=C2/C=Nc3ccccc32)sc1=S)Nc1ccc(Cl)cc1. The fraction of sp³-hybridized carbons (Fsp3) is 0.0952. The van der Waals surface area contributed by atoms with Crippen molar-refractivity contribution in [3.63, 3.8) is 0 Å². The molecule has 1 amide bonds. The number of para-hydroxylation sites is 1. The maximum absolute atomic E-state index is 12.2. The molecule has 0 radical (unpaired) electrons. The van der Waals surface area contributed by atoms with E-state index < -0.39 is 0 Å². The second kappa shape index (κ2) is 8.32. The number of anilines is 1. The van der Waals surface area contributed by atoms with Crippen LogP contribution in [0, 0.1) is 3.95 Å². The fourth-order valence-corrected chi connectivity index (χ4v) is 4.41. The van der Waals surface area contributed by atoms with Gasteiger partial charge in [0.25, 0.3) is 0 Å². The molecule has 1 aliphatic rings. The van der Waals surface area contributed by atoms with Gasteiger partial charge in [-0.15, -0.1) is 11.3 Å². The highest BCUT2D eigenvalue weighted by Gasteiger charge is 2.16. The first-order valence-electron chi connectivity index (χ1n) is 8.84. The molecular formula is C21H16ClN3O2S2. The summed E-state index contributed by atoms with van der Waals surface area (Å²) in [6, 6.07) is 14.7. The minimum absolute atomic E-state index is 0.0598. The Kier molecular flexibility index (Phi) is 5.62. The number of carbonyl (C=O) groups excluding carboxylic acids is 1. The van der Waals surface area contributed by atoms with Crippen molar-refractivity contribution >= 4 is 70.3 Å². The lowest BCUT2D eigenvalue weighted by Crippen LogP contribution is -2.14. The first-order chi connectivity index (χ1) is 14.0. The number of halogens is 1. The van der Waals surface area contributed by atoms with Gasteiger partial charge in [-0.3, -0.25) is 14.4 Å². The van der Waals surface area contributed by atoms with Crippen LogP contribution >= 0.6 is 35.2 Å². The Morgan fingerprint density at radius 1 is 1.24 bits per heavy atom. The quantitative estimate of drug-likeness (QED) is 0.482. The number of hydrogen-bond acceptors (Lipinski definition) is 5. The maximum Gasteiger partial charge on any atom is 0.226 e. The van der Waals surface area contributed by atoms with E-state index in [1.807, 2.05) is 30.3 Å². The van der Waals surface area contributed by atoms with E-state index in [-0.39, 0.29) is 24.8 Å². The zero-order chi connectivity index (χ0) is 20.4. The third kappa shape index (κ3) is 4.32. The standard InChI is InChI=1S/C21H16ClN3O2S2/c22-14-5-7-15(8-6-14)24-19(26)9-10-25-20(27)18(29-21(25)28)11-13-12-23-17-4-2-1-3-16(13)17/h1-8,11-12,27H,9-10H2,(H,24,26)/b13-11-. The average molecular weight is 442 g/mol. The van der Waals surface area contributed by atoms with Gasteiger partial charge in [0, 0.05) is 41.0 Å². The lowest BCUT2D eigenvalue weighted by atomic mass is 10.1. The lowest BCUT2D eigenvalue weighted by Gasteiger charge is -2.07. The molecule has 8 heteroatoms. The summed E-state index contributed by atoms with van der Waals surface area (Å²) in [6.45, 7) is 0.286. The number of benzene rings is 2. The molecule has 0 saturated carbocycles. The normalized spacial score (nSPS) is 13.6. The van der Waals surface area contributed by atoms with Crippen LogP contribution in [0.3, 0.4) is 0 Å². The predicted molar refractivity (Wildman–Crippen MR) is 122 cm³/mol. The second-order valence-corrected chi connectivity index (χ2v) is 8.50. The van der Waals surface area contributed by atoms with Gasteiger partial charge in [0.05, 0.1) is 10.6 Å². The van der Waals surface area contributed by atoms with Crippen LogP contribution in [0.1, 0.15) is 16.9 Å². The average Bonchev–Trinajstić information content (AvgIpc) is 3.23. The van der Waals surface area contributed by atoms with Gasteiger partial charge in [0.15, 0.2) is 3.95 Å². The van der Waals surface area contributed by atoms with Gasteiger partial charge < -0.3 is 10.4 Å². The van der Waals surface area contributed by atoms with E-state index in [1.54, 1.807) is 35.0 Å². The number of amides is 1. The van der Waals surface area contributed by atoms with Gasteiger partial charge in [0.2, 0.25) is 11.8 Å². The van der Waals surface area contributed by atoms with Gasteiger partial charge in [-0.25, -0.2) is 0 Å². The van der Waals surface area contributed by atoms with Crippen molar-refractivity contribution in [1.29, 1.82) is 0 Å².